The molecule has 0 aliphatic rings. The molecule has 20 heavy (non-hydrogen) atoms. The van der Waals surface area contributed by atoms with Gasteiger partial charge in [0.1, 0.15) is 0 Å². The fourth-order valence-corrected chi connectivity index (χ4v) is 2.09. The van der Waals surface area contributed by atoms with E-state index in [1.807, 2.05) is 0 Å². The number of alkyl halides is 3. The van der Waals surface area contributed by atoms with Crippen molar-refractivity contribution in [1.29, 1.82) is 0 Å². The van der Waals surface area contributed by atoms with Crippen molar-refractivity contribution in [2.45, 2.75) is 11.1 Å². The Labute approximate surface area is 107 Å². The molecule has 0 aromatic heterocycles. The molecule has 1 N–H and O–H groups in total. The van der Waals surface area contributed by atoms with Crippen molar-refractivity contribution in [1.82, 2.24) is 0 Å². The first-order valence-corrected chi connectivity index (χ1v) is 5.81. The normalized spacial score (nSPS) is 12.2. The molecule has 0 fully saturated rings. The molecular formula is C7H3F3N2O7S. The molecule has 0 unspecified atom stereocenters. The van der Waals surface area contributed by atoms with Crippen LogP contribution in [0.1, 0.15) is 5.56 Å². The van der Waals surface area contributed by atoms with Crippen molar-refractivity contribution < 1.29 is 36.0 Å². The second-order valence-corrected chi connectivity index (χ2v) is 4.69. The summed E-state index contributed by atoms with van der Waals surface area (Å²) in [6.45, 7) is 0. The van der Waals surface area contributed by atoms with Crippen LogP contribution in [-0.2, 0) is 16.3 Å². The molecule has 0 heterocycles. The van der Waals surface area contributed by atoms with E-state index in [9.17, 15) is 41.8 Å². The van der Waals surface area contributed by atoms with Crippen LogP contribution in [0.4, 0.5) is 24.5 Å². The molecule has 0 bridgehead atoms. The van der Waals surface area contributed by atoms with Gasteiger partial charge in [0.15, 0.2) is 0 Å². The van der Waals surface area contributed by atoms with Gasteiger partial charge < -0.3 is 0 Å². The maximum atomic E-state index is 12.4. The zero-order chi connectivity index (χ0) is 15.9. The summed E-state index contributed by atoms with van der Waals surface area (Å²) in [6, 6.07) is -0.424. The average Bonchev–Trinajstić information content (AvgIpc) is 2.24. The van der Waals surface area contributed by atoms with Gasteiger partial charge >= 0.3 is 16.3 Å². The molecule has 0 radical (unpaired) electrons. The van der Waals surface area contributed by atoms with Crippen LogP contribution in [0, 0.1) is 20.2 Å². The molecule has 1 aromatic rings. The second kappa shape index (κ2) is 4.68. The van der Waals surface area contributed by atoms with Crippen LogP contribution in [0.5, 0.6) is 0 Å². The summed E-state index contributed by atoms with van der Waals surface area (Å²) in [5.74, 6) is 0. The van der Waals surface area contributed by atoms with Gasteiger partial charge in [0.25, 0.3) is 11.4 Å². The largest absolute Gasteiger partial charge is 0.416 e. The zero-order valence-corrected chi connectivity index (χ0v) is 9.80. The summed E-state index contributed by atoms with van der Waals surface area (Å²) < 4.78 is 67.9. The first kappa shape index (κ1) is 15.8. The molecule has 0 aliphatic carbocycles. The lowest BCUT2D eigenvalue weighted by atomic mass is 10.1. The van der Waals surface area contributed by atoms with E-state index < -0.39 is 48.0 Å². The van der Waals surface area contributed by atoms with E-state index >= 15 is 0 Å². The maximum Gasteiger partial charge on any atom is 0.416 e. The Balaban J connectivity index is 3.93. The van der Waals surface area contributed by atoms with E-state index in [1.54, 1.807) is 0 Å². The van der Waals surface area contributed by atoms with Gasteiger partial charge in [-0.2, -0.15) is 21.6 Å². The third-order valence-electron chi connectivity index (χ3n) is 2.03. The standard InChI is InChI=1S/C7H3F3N2O7S/c8-7(9,10)3-1-4(11(13)14)6(20(17,18)19)5(2-3)12(15)16/h1-2H,(H,17,18,19). The van der Waals surface area contributed by atoms with Crippen LogP contribution in [0.2, 0.25) is 0 Å². The second-order valence-electron chi connectivity index (χ2n) is 3.33. The van der Waals surface area contributed by atoms with Crippen molar-refractivity contribution in [2.24, 2.45) is 0 Å². The number of hydrogen-bond donors (Lipinski definition) is 1. The monoisotopic (exact) mass is 316 g/mol. The first-order chi connectivity index (χ1) is 8.85. The minimum Gasteiger partial charge on any atom is -0.281 e. The number of benzene rings is 1. The smallest absolute Gasteiger partial charge is 0.281 e. The minimum atomic E-state index is -5.47. The van der Waals surface area contributed by atoms with Crippen molar-refractivity contribution in [3.05, 3.63) is 37.9 Å². The lowest BCUT2D eigenvalue weighted by Crippen LogP contribution is -2.12. The highest BCUT2D eigenvalue weighted by molar-refractivity contribution is 7.86. The molecule has 1 rings (SSSR count). The van der Waals surface area contributed by atoms with Crippen LogP contribution in [-0.4, -0.2) is 22.8 Å². The van der Waals surface area contributed by atoms with E-state index in [1.165, 1.54) is 0 Å². The Bertz CT molecular complexity index is 662. The van der Waals surface area contributed by atoms with Crippen LogP contribution in [0.3, 0.4) is 0 Å². The van der Waals surface area contributed by atoms with Crippen molar-refractivity contribution in [3.63, 3.8) is 0 Å². The Morgan fingerprint density at radius 2 is 1.40 bits per heavy atom. The quantitative estimate of drug-likeness (QED) is 0.508. The summed E-state index contributed by atoms with van der Waals surface area (Å²) in [7, 11) is -5.47. The molecule has 0 aliphatic heterocycles. The van der Waals surface area contributed by atoms with E-state index in [4.69, 9.17) is 4.55 Å². The number of halogens is 3. The van der Waals surface area contributed by atoms with Crippen LogP contribution < -0.4 is 0 Å². The predicted molar refractivity (Wildman–Crippen MR) is 54.6 cm³/mol. The Hall–Kier alpha value is -2.28. The predicted octanol–water partition coefficient (Wildman–Crippen LogP) is 1.77. The topological polar surface area (TPSA) is 141 Å². The molecule has 1 aromatic carbocycles. The lowest BCUT2D eigenvalue weighted by Gasteiger charge is -2.08. The Morgan fingerprint density at radius 3 is 1.60 bits per heavy atom. The number of nitro benzene ring substituents is 2. The highest BCUT2D eigenvalue weighted by Gasteiger charge is 2.41. The lowest BCUT2D eigenvalue weighted by molar-refractivity contribution is -0.400. The van der Waals surface area contributed by atoms with E-state index in [0.29, 0.717) is 0 Å². The molecule has 110 valence electrons. The van der Waals surface area contributed by atoms with Gasteiger partial charge in [-0.25, -0.2) is 0 Å². The summed E-state index contributed by atoms with van der Waals surface area (Å²) >= 11 is 0. The third kappa shape index (κ3) is 3.00. The summed E-state index contributed by atoms with van der Waals surface area (Å²) in [5, 5.41) is 21.1. The highest BCUT2D eigenvalue weighted by Crippen LogP contribution is 2.39. The molecule has 0 saturated heterocycles. The Morgan fingerprint density at radius 1 is 1.05 bits per heavy atom. The van der Waals surface area contributed by atoms with Gasteiger partial charge in [0.05, 0.1) is 15.4 Å². The summed E-state index contributed by atoms with van der Waals surface area (Å²) in [6.07, 6.45) is -5.17. The van der Waals surface area contributed by atoms with E-state index in [0.717, 1.165) is 0 Å². The molecule has 0 atom stereocenters. The summed E-state index contributed by atoms with van der Waals surface area (Å²) in [5.41, 5.74) is -5.27. The average molecular weight is 316 g/mol. The van der Waals surface area contributed by atoms with Gasteiger partial charge in [0, 0.05) is 12.1 Å². The maximum absolute atomic E-state index is 12.4. The van der Waals surface area contributed by atoms with E-state index in [2.05, 4.69) is 0 Å². The number of nitrogens with zero attached hydrogens (tertiary/aromatic N) is 2. The van der Waals surface area contributed by atoms with Crippen LogP contribution in [0.15, 0.2) is 17.0 Å². The molecule has 13 heteroatoms. The molecular weight excluding hydrogens is 313 g/mol. The number of rotatable bonds is 3. The molecule has 0 saturated carbocycles. The number of hydrogen-bond acceptors (Lipinski definition) is 6. The minimum absolute atomic E-state index is 0.212. The van der Waals surface area contributed by atoms with Gasteiger partial charge in [-0.15, -0.1) is 0 Å². The molecule has 0 amide bonds. The van der Waals surface area contributed by atoms with Gasteiger partial charge in [-0.05, 0) is 0 Å². The van der Waals surface area contributed by atoms with Gasteiger partial charge in [-0.1, -0.05) is 0 Å². The highest BCUT2D eigenvalue weighted by atomic mass is 32.2. The fourth-order valence-electron chi connectivity index (χ4n) is 1.30. The van der Waals surface area contributed by atoms with E-state index in [-0.39, 0.29) is 12.1 Å². The van der Waals surface area contributed by atoms with Crippen LogP contribution >= 0.6 is 0 Å². The Kier molecular flexibility index (Phi) is 3.69. The molecule has 9 nitrogen and oxygen atoms in total. The summed E-state index contributed by atoms with van der Waals surface area (Å²) in [4.78, 5) is 16.2. The van der Waals surface area contributed by atoms with Crippen molar-refractivity contribution in [2.75, 3.05) is 0 Å². The first-order valence-electron chi connectivity index (χ1n) is 4.37. The van der Waals surface area contributed by atoms with Crippen molar-refractivity contribution >= 4 is 21.5 Å². The fraction of sp³-hybridized carbons (Fsp3) is 0.143. The number of nitro groups is 2. The van der Waals surface area contributed by atoms with Gasteiger partial charge in [0.2, 0.25) is 4.90 Å². The van der Waals surface area contributed by atoms with Crippen molar-refractivity contribution in [3.8, 4) is 0 Å². The zero-order valence-electron chi connectivity index (χ0n) is 8.99. The SMILES string of the molecule is O=[N+]([O-])c1cc(C(F)(F)F)cc([N+](=O)[O-])c1S(=O)(=O)O. The van der Waals surface area contributed by atoms with Gasteiger partial charge in [-0.3, -0.25) is 24.8 Å². The molecule has 0 spiro atoms. The third-order valence-corrected chi connectivity index (χ3v) is 2.96. The van der Waals surface area contributed by atoms with Crippen LogP contribution in [0.25, 0.3) is 0 Å².